The highest BCUT2D eigenvalue weighted by atomic mass is 16.2. The molecular formula is C19H22N2O. The molecule has 2 heterocycles. The molecule has 1 atom stereocenters. The molecule has 1 saturated heterocycles. The van der Waals surface area contributed by atoms with Crippen LogP contribution in [0.3, 0.4) is 0 Å². The highest BCUT2D eigenvalue weighted by Gasteiger charge is 2.30. The van der Waals surface area contributed by atoms with Gasteiger partial charge in [-0.15, -0.1) is 0 Å². The van der Waals surface area contributed by atoms with E-state index in [1.165, 1.54) is 11.1 Å². The first kappa shape index (κ1) is 14.8. The molecule has 0 radical (unpaired) electrons. The van der Waals surface area contributed by atoms with Gasteiger partial charge in [-0.05, 0) is 43.0 Å². The van der Waals surface area contributed by atoms with Crippen LogP contribution in [0.5, 0.6) is 0 Å². The van der Waals surface area contributed by atoms with Crippen LogP contribution < -0.4 is 0 Å². The molecule has 1 aromatic heterocycles. The Bertz CT molecular complexity index is 666. The highest BCUT2D eigenvalue weighted by molar-refractivity contribution is 5.76. The fourth-order valence-corrected chi connectivity index (χ4v) is 3.24. The Balaban J connectivity index is 1.98. The Morgan fingerprint density at radius 3 is 2.73 bits per heavy atom. The zero-order valence-electron chi connectivity index (χ0n) is 13.2. The van der Waals surface area contributed by atoms with Crippen LogP contribution in [0.4, 0.5) is 0 Å². The number of aromatic nitrogens is 1. The number of pyridine rings is 1. The van der Waals surface area contributed by atoms with Gasteiger partial charge < -0.3 is 4.90 Å². The quantitative estimate of drug-likeness (QED) is 0.852. The normalized spacial score (nSPS) is 17.7. The number of hydrogen-bond donors (Lipinski definition) is 0. The van der Waals surface area contributed by atoms with Crippen molar-refractivity contribution in [3.8, 4) is 11.1 Å². The lowest BCUT2D eigenvalue weighted by molar-refractivity contribution is -0.131. The maximum absolute atomic E-state index is 12.1. The second-order valence-corrected chi connectivity index (χ2v) is 5.89. The van der Waals surface area contributed by atoms with E-state index in [2.05, 4.69) is 24.3 Å². The topological polar surface area (TPSA) is 33.2 Å². The molecule has 1 fully saturated rings. The van der Waals surface area contributed by atoms with Gasteiger partial charge in [0.25, 0.3) is 0 Å². The lowest BCUT2D eigenvalue weighted by Crippen LogP contribution is -2.30. The van der Waals surface area contributed by atoms with E-state index in [4.69, 9.17) is 4.98 Å². The third-order valence-corrected chi connectivity index (χ3v) is 4.30. The van der Waals surface area contributed by atoms with Crippen LogP contribution in [0.2, 0.25) is 0 Å². The summed E-state index contributed by atoms with van der Waals surface area (Å²) in [6, 6.07) is 14.7. The lowest BCUT2D eigenvalue weighted by atomic mass is 10.0. The van der Waals surface area contributed by atoms with E-state index >= 15 is 0 Å². The summed E-state index contributed by atoms with van der Waals surface area (Å²) in [5.74, 6) is 0.229. The summed E-state index contributed by atoms with van der Waals surface area (Å²) >= 11 is 0. The number of rotatable bonds is 3. The minimum atomic E-state index is 0.134. The largest absolute Gasteiger partial charge is 0.334 e. The van der Waals surface area contributed by atoms with Gasteiger partial charge in [0.15, 0.2) is 0 Å². The predicted octanol–water partition coefficient (Wildman–Crippen LogP) is 4.13. The molecule has 0 saturated carbocycles. The van der Waals surface area contributed by atoms with Crippen molar-refractivity contribution < 1.29 is 4.79 Å². The molecule has 114 valence electrons. The van der Waals surface area contributed by atoms with Gasteiger partial charge in [-0.1, -0.05) is 37.3 Å². The molecule has 3 nitrogen and oxygen atoms in total. The Morgan fingerprint density at radius 1 is 1.23 bits per heavy atom. The number of benzene rings is 1. The third-order valence-electron chi connectivity index (χ3n) is 4.30. The number of carbonyl (C=O) groups excluding carboxylic acids is 1. The monoisotopic (exact) mass is 294 g/mol. The zero-order chi connectivity index (χ0) is 15.5. The first-order valence-electron chi connectivity index (χ1n) is 8.02. The van der Waals surface area contributed by atoms with Crippen LogP contribution in [-0.2, 0) is 4.79 Å². The standard InChI is InChI=1S/C19H22N2O/c1-3-19(22)21-11-7-10-18(21)17-13-16(12-14(2)20-17)15-8-5-4-6-9-15/h4-6,8-9,12-13,18H,3,7,10-11H2,1-2H3/t18-/m1/s1. The molecular weight excluding hydrogens is 272 g/mol. The minimum Gasteiger partial charge on any atom is -0.334 e. The third kappa shape index (κ3) is 2.89. The van der Waals surface area contributed by atoms with E-state index in [1.54, 1.807) is 0 Å². The molecule has 2 aromatic rings. The first-order valence-corrected chi connectivity index (χ1v) is 8.02. The highest BCUT2D eigenvalue weighted by Crippen LogP contribution is 2.33. The Kier molecular flexibility index (Phi) is 4.23. The Morgan fingerprint density at radius 2 is 2.00 bits per heavy atom. The molecule has 3 heteroatoms. The van der Waals surface area contributed by atoms with Crippen molar-refractivity contribution in [2.75, 3.05) is 6.54 Å². The molecule has 1 aliphatic heterocycles. The molecule has 1 aromatic carbocycles. The first-order chi connectivity index (χ1) is 10.7. The predicted molar refractivity (Wildman–Crippen MR) is 88.4 cm³/mol. The SMILES string of the molecule is CCC(=O)N1CCC[C@@H]1c1cc(-c2ccccc2)cc(C)n1. The number of nitrogens with zero attached hydrogens (tertiary/aromatic N) is 2. The van der Waals surface area contributed by atoms with Crippen molar-refractivity contribution in [2.45, 2.75) is 39.2 Å². The van der Waals surface area contributed by atoms with E-state index < -0.39 is 0 Å². The summed E-state index contributed by atoms with van der Waals surface area (Å²) in [7, 11) is 0. The van der Waals surface area contributed by atoms with Crippen molar-refractivity contribution in [2.24, 2.45) is 0 Å². The Labute approximate surface area is 132 Å². The molecule has 22 heavy (non-hydrogen) atoms. The van der Waals surface area contributed by atoms with Gasteiger partial charge >= 0.3 is 0 Å². The van der Waals surface area contributed by atoms with Crippen molar-refractivity contribution in [3.05, 3.63) is 53.9 Å². The Hall–Kier alpha value is -2.16. The van der Waals surface area contributed by atoms with Crippen LogP contribution >= 0.6 is 0 Å². The molecule has 0 aliphatic carbocycles. The van der Waals surface area contributed by atoms with Crippen molar-refractivity contribution in [1.82, 2.24) is 9.88 Å². The minimum absolute atomic E-state index is 0.134. The van der Waals surface area contributed by atoms with Crippen molar-refractivity contribution >= 4 is 5.91 Å². The van der Waals surface area contributed by atoms with Gasteiger partial charge in [-0.2, -0.15) is 0 Å². The number of aryl methyl sites for hydroxylation is 1. The van der Waals surface area contributed by atoms with Gasteiger partial charge in [0.2, 0.25) is 5.91 Å². The molecule has 3 rings (SSSR count). The summed E-state index contributed by atoms with van der Waals surface area (Å²) in [6.07, 6.45) is 2.64. The summed E-state index contributed by atoms with van der Waals surface area (Å²) in [5, 5.41) is 0. The van der Waals surface area contributed by atoms with Crippen LogP contribution in [-0.4, -0.2) is 22.3 Å². The molecule has 1 amide bonds. The van der Waals surface area contributed by atoms with Gasteiger partial charge in [-0.3, -0.25) is 9.78 Å². The summed E-state index contributed by atoms with van der Waals surface area (Å²) in [4.78, 5) is 18.8. The maximum atomic E-state index is 12.1. The van der Waals surface area contributed by atoms with Crippen LogP contribution in [0.1, 0.15) is 43.6 Å². The van der Waals surface area contributed by atoms with E-state index in [0.29, 0.717) is 6.42 Å². The van der Waals surface area contributed by atoms with Crippen molar-refractivity contribution in [1.29, 1.82) is 0 Å². The average molecular weight is 294 g/mol. The zero-order valence-corrected chi connectivity index (χ0v) is 13.2. The van der Waals surface area contributed by atoms with Gasteiger partial charge in [0.1, 0.15) is 0 Å². The lowest BCUT2D eigenvalue weighted by Gasteiger charge is -2.24. The van der Waals surface area contributed by atoms with E-state index in [0.717, 1.165) is 30.8 Å². The summed E-state index contributed by atoms with van der Waals surface area (Å²) in [6.45, 7) is 4.81. The number of likely N-dealkylation sites (tertiary alicyclic amines) is 1. The van der Waals surface area contributed by atoms with Crippen LogP contribution in [0.25, 0.3) is 11.1 Å². The second kappa shape index (κ2) is 6.30. The molecule has 0 N–H and O–H groups in total. The fraction of sp³-hybridized carbons (Fsp3) is 0.368. The summed E-state index contributed by atoms with van der Waals surface area (Å²) in [5.41, 5.74) is 4.41. The van der Waals surface area contributed by atoms with Crippen LogP contribution in [0.15, 0.2) is 42.5 Å². The average Bonchev–Trinajstić information content (AvgIpc) is 3.04. The van der Waals surface area contributed by atoms with Gasteiger partial charge in [0, 0.05) is 18.7 Å². The molecule has 0 bridgehead atoms. The van der Waals surface area contributed by atoms with Gasteiger partial charge in [0.05, 0.1) is 11.7 Å². The summed E-state index contributed by atoms with van der Waals surface area (Å²) < 4.78 is 0. The number of hydrogen-bond acceptors (Lipinski definition) is 2. The number of carbonyl (C=O) groups is 1. The molecule has 0 spiro atoms. The van der Waals surface area contributed by atoms with Gasteiger partial charge in [-0.25, -0.2) is 0 Å². The molecule has 0 unspecified atom stereocenters. The van der Waals surface area contributed by atoms with Crippen LogP contribution in [0, 0.1) is 6.92 Å². The maximum Gasteiger partial charge on any atom is 0.222 e. The number of amides is 1. The second-order valence-electron chi connectivity index (χ2n) is 5.89. The molecule has 1 aliphatic rings. The van der Waals surface area contributed by atoms with E-state index in [-0.39, 0.29) is 11.9 Å². The fourth-order valence-electron chi connectivity index (χ4n) is 3.24. The smallest absolute Gasteiger partial charge is 0.222 e. The van der Waals surface area contributed by atoms with E-state index in [1.807, 2.05) is 36.9 Å². The van der Waals surface area contributed by atoms with E-state index in [9.17, 15) is 4.79 Å². The van der Waals surface area contributed by atoms with Crippen molar-refractivity contribution in [3.63, 3.8) is 0 Å².